The van der Waals surface area contributed by atoms with Crippen molar-refractivity contribution in [3.05, 3.63) is 23.2 Å². The summed E-state index contributed by atoms with van der Waals surface area (Å²) in [6.07, 6.45) is -0.367. The third-order valence-corrected chi connectivity index (χ3v) is 6.21. The third-order valence-electron chi connectivity index (χ3n) is 5.40. The molecule has 0 aliphatic carbocycles. The fourth-order valence-electron chi connectivity index (χ4n) is 4.17. The number of hydrogen-bond acceptors (Lipinski definition) is 8. The second kappa shape index (κ2) is 9.04. The van der Waals surface area contributed by atoms with Gasteiger partial charge in [0.15, 0.2) is 11.5 Å². The van der Waals surface area contributed by atoms with Gasteiger partial charge >= 0.3 is 12.3 Å². The second-order valence-electron chi connectivity index (χ2n) is 7.63. The SMILES string of the molecule is C=Nc1c(OC(F)(F)F)c(C(=O)O)cc(-c2nccs2)c1OCN1CC2CCCC(C1)N2. The molecule has 0 radical (unpaired) electrons. The molecule has 8 nitrogen and oxygen atoms in total. The number of ether oxygens (including phenoxy) is 2. The number of halogens is 3. The molecule has 32 heavy (non-hydrogen) atoms. The van der Waals surface area contributed by atoms with Gasteiger partial charge in [-0.1, -0.05) is 6.42 Å². The maximum atomic E-state index is 13.1. The molecule has 2 aliphatic rings. The quantitative estimate of drug-likeness (QED) is 0.593. The number of nitrogens with one attached hydrogen (secondary N) is 1. The summed E-state index contributed by atoms with van der Waals surface area (Å²) in [6.45, 7) is 4.90. The van der Waals surface area contributed by atoms with Gasteiger partial charge in [-0.3, -0.25) is 9.89 Å². The summed E-state index contributed by atoms with van der Waals surface area (Å²) < 4.78 is 49.2. The Morgan fingerprint density at radius 1 is 1.34 bits per heavy atom. The van der Waals surface area contributed by atoms with Crippen LogP contribution in [0.15, 0.2) is 22.6 Å². The lowest BCUT2D eigenvalue weighted by Gasteiger charge is -2.42. The van der Waals surface area contributed by atoms with Crippen molar-refractivity contribution in [3.8, 4) is 22.1 Å². The molecule has 1 aromatic heterocycles. The van der Waals surface area contributed by atoms with E-state index in [4.69, 9.17) is 4.74 Å². The van der Waals surface area contributed by atoms with Crippen LogP contribution in [0.4, 0.5) is 18.9 Å². The van der Waals surface area contributed by atoms with Gasteiger partial charge in [-0.2, -0.15) is 0 Å². The maximum Gasteiger partial charge on any atom is 0.573 e. The highest BCUT2D eigenvalue weighted by Crippen LogP contribution is 2.48. The lowest BCUT2D eigenvalue weighted by molar-refractivity contribution is -0.274. The van der Waals surface area contributed by atoms with Crippen molar-refractivity contribution in [1.29, 1.82) is 0 Å². The number of rotatable bonds is 7. The Balaban J connectivity index is 1.73. The van der Waals surface area contributed by atoms with Crippen LogP contribution in [-0.2, 0) is 0 Å². The number of alkyl halides is 3. The molecule has 2 N–H and O–H groups in total. The van der Waals surface area contributed by atoms with E-state index in [1.807, 2.05) is 0 Å². The molecule has 0 saturated carbocycles. The maximum absolute atomic E-state index is 13.1. The van der Waals surface area contributed by atoms with E-state index in [1.165, 1.54) is 17.5 Å². The van der Waals surface area contributed by atoms with E-state index < -0.39 is 29.3 Å². The summed E-state index contributed by atoms with van der Waals surface area (Å²) in [6, 6.07) is 1.73. The Labute approximate surface area is 185 Å². The largest absolute Gasteiger partial charge is 0.573 e. The molecule has 0 spiro atoms. The third kappa shape index (κ3) is 4.87. The van der Waals surface area contributed by atoms with E-state index in [0.29, 0.717) is 17.1 Å². The number of carbonyl (C=O) groups is 1. The second-order valence-corrected chi connectivity index (χ2v) is 8.52. The van der Waals surface area contributed by atoms with Crippen LogP contribution in [0.2, 0.25) is 0 Å². The Morgan fingerprint density at radius 2 is 2.06 bits per heavy atom. The number of nitrogens with zero attached hydrogens (tertiary/aromatic N) is 3. The van der Waals surface area contributed by atoms with Gasteiger partial charge in [0.2, 0.25) is 0 Å². The van der Waals surface area contributed by atoms with Crippen LogP contribution in [0.25, 0.3) is 10.6 Å². The zero-order chi connectivity index (χ0) is 22.9. The highest BCUT2D eigenvalue weighted by Gasteiger charge is 2.37. The zero-order valence-electron chi connectivity index (χ0n) is 16.9. The minimum absolute atomic E-state index is 0.0529. The predicted molar refractivity (Wildman–Crippen MR) is 112 cm³/mol. The topological polar surface area (TPSA) is 96.3 Å². The number of carboxylic acids is 1. The summed E-state index contributed by atoms with van der Waals surface area (Å²) in [4.78, 5) is 21.6. The first kappa shape index (κ1) is 22.5. The summed E-state index contributed by atoms with van der Waals surface area (Å²) in [7, 11) is 0. The van der Waals surface area contributed by atoms with Crippen molar-refractivity contribution in [2.75, 3.05) is 19.8 Å². The molecule has 0 amide bonds. The highest BCUT2D eigenvalue weighted by molar-refractivity contribution is 7.13. The van der Waals surface area contributed by atoms with Crippen LogP contribution >= 0.6 is 11.3 Å². The smallest absolute Gasteiger partial charge is 0.478 e. The Kier molecular flexibility index (Phi) is 6.35. The van der Waals surface area contributed by atoms with Crippen LogP contribution in [0.3, 0.4) is 0 Å². The highest BCUT2D eigenvalue weighted by atomic mass is 32.1. The van der Waals surface area contributed by atoms with E-state index in [1.54, 1.807) is 5.38 Å². The molecule has 2 fully saturated rings. The first-order chi connectivity index (χ1) is 15.2. The molecule has 12 heteroatoms. The summed E-state index contributed by atoms with van der Waals surface area (Å²) in [5.74, 6) is -2.62. The number of hydrogen-bond donors (Lipinski definition) is 2. The number of carboxylic acid groups (broad SMARTS) is 1. The molecule has 3 heterocycles. The molecule has 172 valence electrons. The first-order valence-corrected chi connectivity index (χ1v) is 10.8. The molecular formula is C20H21F3N4O4S. The van der Waals surface area contributed by atoms with E-state index in [2.05, 4.69) is 31.6 Å². The van der Waals surface area contributed by atoms with Gasteiger partial charge in [0, 0.05) is 36.8 Å². The van der Waals surface area contributed by atoms with Gasteiger partial charge in [0.25, 0.3) is 0 Å². The van der Waals surface area contributed by atoms with Crippen molar-refractivity contribution in [3.63, 3.8) is 0 Å². The average molecular weight is 470 g/mol. The molecule has 2 unspecified atom stereocenters. The molecule has 2 bridgehead atoms. The fraction of sp³-hybridized carbons (Fsp3) is 0.450. The normalized spacial score (nSPS) is 21.2. The number of thiazole rings is 1. The number of fused-ring (bicyclic) bond motifs is 2. The van der Waals surface area contributed by atoms with Crippen LogP contribution in [-0.4, -0.2) is 65.9 Å². The Bertz CT molecular complexity index is 988. The van der Waals surface area contributed by atoms with Gasteiger partial charge in [0.05, 0.1) is 5.56 Å². The molecular weight excluding hydrogens is 449 g/mol. The molecule has 1 aromatic carbocycles. The standard InChI is InChI=1S/C20H21F3N4O4S/c1-24-15-16(30-10-27-8-11-3-2-4-12(9-27)26-11)13(18-25-5-6-32-18)7-14(19(28)29)17(15)31-20(21,22)23/h5-7,11-12,26H,1-4,8-10H2,(H,28,29). The summed E-state index contributed by atoms with van der Waals surface area (Å²) in [5.41, 5.74) is -0.925. The molecule has 2 aliphatic heterocycles. The van der Waals surface area contributed by atoms with Crippen molar-refractivity contribution in [2.24, 2.45) is 4.99 Å². The molecule has 2 atom stereocenters. The van der Waals surface area contributed by atoms with Gasteiger partial charge in [-0.25, -0.2) is 9.78 Å². The van der Waals surface area contributed by atoms with Crippen LogP contribution in [0, 0.1) is 0 Å². The lowest BCUT2D eigenvalue weighted by atomic mass is 9.94. The monoisotopic (exact) mass is 470 g/mol. The average Bonchev–Trinajstić information content (AvgIpc) is 3.25. The van der Waals surface area contributed by atoms with Crippen molar-refractivity contribution in [2.45, 2.75) is 37.7 Å². The van der Waals surface area contributed by atoms with Crippen LogP contribution in [0.5, 0.6) is 11.5 Å². The summed E-state index contributed by atoms with van der Waals surface area (Å²) >= 11 is 1.19. The first-order valence-electron chi connectivity index (χ1n) is 9.93. The summed E-state index contributed by atoms with van der Waals surface area (Å²) in [5, 5.41) is 15.1. The fourth-order valence-corrected chi connectivity index (χ4v) is 4.83. The van der Waals surface area contributed by atoms with Crippen molar-refractivity contribution < 1.29 is 32.5 Å². The minimum Gasteiger partial charge on any atom is -0.478 e. The number of piperidine rings is 1. The minimum atomic E-state index is -5.13. The Morgan fingerprint density at radius 3 is 2.62 bits per heavy atom. The number of aromatic nitrogens is 1. The van der Waals surface area contributed by atoms with Gasteiger partial charge in [-0.05, 0) is 25.6 Å². The number of aromatic carboxylic acids is 1. The number of piperazine rings is 1. The number of aliphatic imine (C=N–C) groups is 1. The van der Waals surface area contributed by atoms with E-state index in [-0.39, 0.29) is 18.0 Å². The van der Waals surface area contributed by atoms with Crippen molar-refractivity contribution >= 4 is 29.7 Å². The van der Waals surface area contributed by atoms with E-state index in [9.17, 15) is 23.1 Å². The van der Waals surface area contributed by atoms with Crippen LogP contribution < -0.4 is 14.8 Å². The lowest BCUT2D eigenvalue weighted by Crippen LogP contribution is -2.59. The molecule has 2 aromatic rings. The predicted octanol–water partition coefficient (Wildman–Crippen LogP) is 3.90. The van der Waals surface area contributed by atoms with Crippen LogP contribution in [0.1, 0.15) is 29.6 Å². The Hall–Kier alpha value is -2.70. The number of likely N-dealkylation sites (tertiary alicyclic amines) is 1. The van der Waals surface area contributed by atoms with Crippen molar-refractivity contribution in [1.82, 2.24) is 15.2 Å². The van der Waals surface area contributed by atoms with E-state index >= 15 is 0 Å². The molecule has 2 saturated heterocycles. The van der Waals surface area contributed by atoms with Gasteiger partial charge in [-0.15, -0.1) is 24.5 Å². The van der Waals surface area contributed by atoms with Gasteiger partial charge < -0.3 is 19.9 Å². The zero-order valence-corrected chi connectivity index (χ0v) is 17.7. The number of benzene rings is 1. The van der Waals surface area contributed by atoms with E-state index in [0.717, 1.165) is 38.4 Å². The van der Waals surface area contributed by atoms with Gasteiger partial charge in [0.1, 0.15) is 23.0 Å². The molecule has 4 rings (SSSR count).